The lowest BCUT2D eigenvalue weighted by Crippen LogP contribution is -2.05. The zero-order valence-corrected chi connectivity index (χ0v) is 13.8. The van der Waals surface area contributed by atoms with Crippen molar-refractivity contribution in [3.05, 3.63) is 72.1 Å². The van der Waals surface area contributed by atoms with Gasteiger partial charge in [-0.05, 0) is 24.6 Å². The minimum Gasteiger partial charge on any atom is -0.495 e. The van der Waals surface area contributed by atoms with E-state index in [1.807, 2.05) is 55.5 Å². The summed E-state index contributed by atoms with van der Waals surface area (Å²) in [6.07, 6.45) is 0. The Morgan fingerprint density at radius 1 is 0.917 bits per heavy atom. The molecule has 0 saturated carbocycles. The number of hydrogen-bond acceptors (Lipinski definition) is 5. The molecule has 0 amide bonds. The minimum absolute atomic E-state index is 0.699. The van der Waals surface area contributed by atoms with Crippen LogP contribution in [0.25, 0.3) is 0 Å². The Kier molecular flexibility index (Phi) is 4.91. The monoisotopic (exact) mass is 320 g/mol. The Hall–Kier alpha value is -3.08. The van der Waals surface area contributed by atoms with Crippen LogP contribution in [0, 0.1) is 6.92 Å². The molecular formula is C19H20N4O. The second-order valence-electron chi connectivity index (χ2n) is 5.35. The van der Waals surface area contributed by atoms with E-state index in [-0.39, 0.29) is 0 Å². The fourth-order valence-corrected chi connectivity index (χ4v) is 2.40. The van der Waals surface area contributed by atoms with Crippen molar-refractivity contribution in [1.82, 2.24) is 9.97 Å². The van der Waals surface area contributed by atoms with Gasteiger partial charge < -0.3 is 15.4 Å². The van der Waals surface area contributed by atoms with Crippen LogP contribution in [0.4, 0.5) is 17.3 Å². The number of rotatable bonds is 6. The zero-order valence-electron chi connectivity index (χ0n) is 13.8. The highest BCUT2D eigenvalue weighted by Crippen LogP contribution is 2.26. The number of nitrogens with one attached hydrogen (secondary N) is 2. The maximum absolute atomic E-state index is 5.36. The van der Waals surface area contributed by atoms with Crippen LogP contribution in [0.15, 0.2) is 60.7 Å². The van der Waals surface area contributed by atoms with Gasteiger partial charge in [-0.1, -0.05) is 42.5 Å². The third-order valence-electron chi connectivity index (χ3n) is 3.52. The van der Waals surface area contributed by atoms with Gasteiger partial charge in [-0.2, -0.15) is 0 Å². The van der Waals surface area contributed by atoms with Crippen LogP contribution >= 0.6 is 0 Å². The molecule has 3 aromatic rings. The summed E-state index contributed by atoms with van der Waals surface area (Å²) in [5.74, 6) is 2.98. The van der Waals surface area contributed by atoms with Crippen molar-refractivity contribution in [3.8, 4) is 5.75 Å². The van der Waals surface area contributed by atoms with Crippen molar-refractivity contribution in [1.29, 1.82) is 0 Å². The summed E-state index contributed by atoms with van der Waals surface area (Å²) in [4.78, 5) is 8.88. The standard InChI is InChI=1S/C19H20N4O/c1-14-21-18(20-13-15-8-4-3-5-9-15)12-19(22-14)23-16-10-6-7-11-17(16)24-2/h3-12H,13H2,1-2H3,(H2,20,21,22,23). The van der Waals surface area contributed by atoms with Gasteiger partial charge >= 0.3 is 0 Å². The van der Waals surface area contributed by atoms with E-state index < -0.39 is 0 Å². The summed E-state index contributed by atoms with van der Waals surface area (Å²) in [7, 11) is 1.65. The average molecular weight is 320 g/mol. The van der Waals surface area contributed by atoms with Gasteiger partial charge in [0, 0.05) is 12.6 Å². The van der Waals surface area contributed by atoms with Crippen LogP contribution < -0.4 is 15.4 Å². The number of anilines is 3. The van der Waals surface area contributed by atoms with E-state index in [0.29, 0.717) is 12.4 Å². The Morgan fingerprint density at radius 3 is 2.42 bits per heavy atom. The molecule has 3 rings (SSSR count). The smallest absolute Gasteiger partial charge is 0.142 e. The first kappa shape index (κ1) is 15.8. The van der Waals surface area contributed by atoms with Crippen LogP contribution in [0.1, 0.15) is 11.4 Å². The maximum atomic E-state index is 5.36. The highest BCUT2D eigenvalue weighted by atomic mass is 16.5. The van der Waals surface area contributed by atoms with E-state index in [4.69, 9.17) is 4.74 Å². The number of aromatic nitrogens is 2. The van der Waals surface area contributed by atoms with Gasteiger partial charge in [0.2, 0.25) is 0 Å². The second kappa shape index (κ2) is 7.46. The highest BCUT2D eigenvalue weighted by Gasteiger charge is 2.06. The summed E-state index contributed by atoms with van der Waals surface area (Å²) >= 11 is 0. The van der Waals surface area contributed by atoms with Crippen LogP contribution in [0.2, 0.25) is 0 Å². The van der Waals surface area contributed by atoms with E-state index in [1.165, 1.54) is 5.56 Å². The van der Waals surface area contributed by atoms with Gasteiger partial charge in [-0.3, -0.25) is 0 Å². The van der Waals surface area contributed by atoms with E-state index >= 15 is 0 Å². The SMILES string of the molecule is COc1ccccc1Nc1cc(NCc2ccccc2)nc(C)n1. The van der Waals surface area contributed by atoms with Gasteiger partial charge in [-0.25, -0.2) is 9.97 Å². The fourth-order valence-electron chi connectivity index (χ4n) is 2.40. The number of aryl methyl sites for hydroxylation is 1. The lowest BCUT2D eigenvalue weighted by atomic mass is 10.2. The van der Waals surface area contributed by atoms with Gasteiger partial charge in [0.15, 0.2) is 0 Å². The largest absolute Gasteiger partial charge is 0.495 e. The Morgan fingerprint density at radius 2 is 1.62 bits per heavy atom. The number of hydrogen-bond donors (Lipinski definition) is 2. The quantitative estimate of drug-likeness (QED) is 0.714. The third kappa shape index (κ3) is 4.01. The molecule has 0 radical (unpaired) electrons. The molecule has 0 bridgehead atoms. The maximum Gasteiger partial charge on any atom is 0.142 e. The molecule has 1 heterocycles. The molecule has 0 aliphatic carbocycles. The van der Waals surface area contributed by atoms with E-state index in [9.17, 15) is 0 Å². The highest BCUT2D eigenvalue weighted by molar-refractivity contribution is 5.65. The van der Waals surface area contributed by atoms with Crippen molar-refractivity contribution in [2.75, 3.05) is 17.7 Å². The molecule has 5 nitrogen and oxygen atoms in total. The topological polar surface area (TPSA) is 59.1 Å². The van der Waals surface area contributed by atoms with Crippen molar-refractivity contribution in [2.24, 2.45) is 0 Å². The molecule has 1 aromatic heterocycles. The number of ether oxygens (including phenoxy) is 1. The van der Waals surface area contributed by atoms with Gasteiger partial charge in [0.1, 0.15) is 23.2 Å². The lowest BCUT2D eigenvalue weighted by Gasteiger charge is -2.12. The number of benzene rings is 2. The molecule has 0 atom stereocenters. The van der Waals surface area contributed by atoms with Crippen LogP contribution in [-0.4, -0.2) is 17.1 Å². The molecule has 0 spiro atoms. The van der Waals surface area contributed by atoms with Gasteiger partial charge in [-0.15, -0.1) is 0 Å². The molecule has 0 aliphatic rings. The molecule has 24 heavy (non-hydrogen) atoms. The van der Waals surface area contributed by atoms with Crippen molar-refractivity contribution < 1.29 is 4.74 Å². The van der Waals surface area contributed by atoms with Crippen molar-refractivity contribution in [3.63, 3.8) is 0 Å². The summed E-state index contributed by atoms with van der Waals surface area (Å²) in [6, 6.07) is 19.8. The van der Waals surface area contributed by atoms with Gasteiger partial charge in [0.05, 0.1) is 12.8 Å². The summed E-state index contributed by atoms with van der Waals surface area (Å²) < 4.78 is 5.36. The fraction of sp³-hybridized carbons (Fsp3) is 0.158. The summed E-state index contributed by atoms with van der Waals surface area (Å²) in [5, 5.41) is 6.62. The molecule has 0 fully saturated rings. The van der Waals surface area contributed by atoms with Crippen LogP contribution in [0.5, 0.6) is 5.75 Å². The van der Waals surface area contributed by atoms with E-state index in [0.717, 1.165) is 23.1 Å². The number of para-hydroxylation sites is 2. The molecule has 2 aromatic carbocycles. The molecule has 0 unspecified atom stereocenters. The third-order valence-corrected chi connectivity index (χ3v) is 3.52. The predicted molar refractivity (Wildman–Crippen MR) is 96.8 cm³/mol. The van der Waals surface area contributed by atoms with E-state index in [1.54, 1.807) is 7.11 Å². The summed E-state index contributed by atoms with van der Waals surface area (Å²) in [6.45, 7) is 2.59. The average Bonchev–Trinajstić information content (AvgIpc) is 2.61. The van der Waals surface area contributed by atoms with Crippen molar-refractivity contribution >= 4 is 17.3 Å². The summed E-state index contributed by atoms with van der Waals surface area (Å²) in [5.41, 5.74) is 2.07. The van der Waals surface area contributed by atoms with Gasteiger partial charge in [0.25, 0.3) is 0 Å². The molecule has 2 N–H and O–H groups in total. The Bertz CT molecular complexity index is 805. The normalized spacial score (nSPS) is 10.2. The predicted octanol–water partition coefficient (Wildman–Crippen LogP) is 4.15. The first-order chi connectivity index (χ1) is 11.7. The van der Waals surface area contributed by atoms with Crippen LogP contribution in [0.3, 0.4) is 0 Å². The minimum atomic E-state index is 0.699. The molecular weight excluding hydrogens is 300 g/mol. The Balaban J connectivity index is 1.76. The first-order valence-electron chi connectivity index (χ1n) is 7.78. The van der Waals surface area contributed by atoms with Crippen LogP contribution in [-0.2, 0) is 6.54 Å². The second-order valence-corrected chi connectivity index (χ2v) is 5.35. The van der Waals surface area contributed by atoms with Crippen molar-refractivity contribution in [2.45, 2.75) is 13.5 Å². The first-order valence-corrected chi connectivity index (χ1v) is 7.78. The zero-order chi connectivity index (χ0) is 16.8. The molecule has 0 aliphatic heterocycles. The number of methoxy groups -OCH3 is 1. The molecule has 122 valence electrons. The molecule has 0 saturated heterocycles. The number of nitrogens with zero attached hydrogens (tertiary/aromatic N) is 2. The Labute approximate surface area is 141 Å². The lowest BCUT2D eigenvalue weighted by molar-refractivity contribution is 0.417. The van der Waals surface area contributed by atoms with E-state index in [2.05, 4.69) is 32.7 Å². The molecule has 5 heteroatoms.